The second kappa shape index (κ2) is 8.88. The third-order valence-corrected chi connectivity index (χ3v) is 7.35. The van der Waals surface area contributed by atoms with E-state index in [0.29, 0.717) is 16.7 Å². The molecule has 0 bridgehead atoms. The van der Waals surface area contributed by atoms with Gasteiger partial charge in [0.1, 0.15) is 5.75 Å². The van der Waals surface area contributed by atoms with Crippen LogP contribution < -0.4 is 9.64 Å². The number of morpholine rings is 1. The summed E-state index contributed by atoms with van der Waals surface area (Å²) in [6.45, 7) is 4.52. The predicted octanol–water partition coefficient (Wildman–Crippen LogP) is 3.89. The number of carbonyl (C=O) groups is 1. The Morgan fingerprint density at radius 3 is 2.71 bits per heavy atom. The molecule has 2 aromatic heterocycles. The van der Waals surface area contributed by atoms with E-state index < -0.39 is 0 Å². The largest absolute Gasteiger partial charge is 0.497 e. The molecule has 1 aliphatic heterocycles. The zero-order valence-corrected chi connectivity index (χ0v) is 18.7. The van der Waals surface area contributed by atoms with E-state index >= 15 is 0 Å². The van der Waals surface area contributed by atoms with Gasteiger partial charge in [0.2, 0.25) is 0 Å². The van der Waals surface area contributed by atoms with Gasteiger partial charge < -0.3 is 9.47 Å². The van der Waals surface area contributed by atoms with Gasteiger partial charge in [0.15, 0.2) is 10.1 Å². The zero-order chi connectivity index (χ0) is 21.2. The molecule has 1 amide bonds. The summed E-state index contributed by atoms with van der Waals surface area (Å²) in [5, 5.41) is 1.17. The maximum atomic E-state index is 13.6. The summed E-state index contributed by atoms with van der Waals surface area (Å²) in [5.74, 6) is 0.667. The van der Waals surface area contributed by atoms with Gasteiger partial charge in [-0.1, -0.05) is 23.5 Å². The van der Waals surface area contributed by atoms with Crippen LogP contribution in [0.2, 0.25) is 0 Å². The minimum atomic E-state index is -0.111. The fourth-order valence-electron chi connectivity index (χ4n) is 3.56. The number of nitrogens with zero attached hydrogens (tertiary/aromatic N) is 4. The topological polar surface area (TPSA) is 67.8 Å². The molecule has 0 unspecified atom stereocenters. The molecule has 5 rings (SSSR count). The van der Waals surface area contributed by atoms with Gasteiger partial charge in [0.25, 0.3) is 5.91 Å². The first-order chi connectivity index (χ1) is 15.2. The van der Waals surface area contributed by atoms with Crippen molar-refractivity contribution >= 4 is 54.1 Å². The standard InChI is InChI=1S/C22H22N4O3S2/c1-28-15-6-7-17-19(14-15)31-22(24-17)26(9-8-25-10-12-29-13-11-25)21(27)20-23-16-4-2-3-5-18(16)30-20/h2-7,14H,8-13H2,1H3. The van der Waals surface area contributed by atoms with Crippen LogP contribution in [-0.4, -0.2) is 67.3 Å². The van der Waals surface area contributed by atoms with E-state index in [-0.39, 0.29) is 5.91 Å². The second-order valence-corrected chi connectivity index (χ2v) is 9.27. The number of hydrogen-bond donors (Lipinski definition) is 0. The second-order valence-electron chi connectivity index (χ2n) is 7.23. The molecular formula is C22H22N4O3S2. The van der Waals surface area contributed by atoms with Crippen molar-refractivity contribution in [2.75, 3.05) is 51.4 Å². The number of ether oxygens (including phenoxy) is 2. The maximum absolute atomic E-state index is 13.6. The van der Waals surface area contributed by atoms with Crippen LogP contribution in [0.3, 0.4) is 0 Å². The Hall–Kier alpha value is -2.59. The summed E-state index contributed by atoms with van der Waals surface area (Å²) in [6.07, 6.45) is 0. The van der Waals surface area contributed by atoms with Crippen LogP contribution in [0.1, 0.15) is 9.80 Å². The van der Waals surface area contributed by atoms with Gasteiger partial charge in [0.05, 0.1) is 40.8 Å². The smallest absolute Gasteiger partial charge is 0.289 e. The van der Waals surface area contributed by atoms with Crippen molar-refractivity contribution in [2.24, 2.45) is 0 Å². The van der Waals surface area contributed by atoms with Crippen LogP contribution >= 0.6 is 22.7 Å². The van der Waals surface area contributed by atoms with Crippen molar-refractivity contribution in [3.8, 4) is 5.75 Å². The Morgan fingerprint density at radius 2 is 1.90 bits per heavy atom. The van der Waals surface area contributed by atoms with E-state index in [1.165, 1.54) is 22.7 Å². The lowest BCUT2D eigenvalue weighted by Gasteiger charge is -2.28. The first-order valence-electron chi connectivity index (χ1n) is 10.1. The summed E-state index contributed by atoms with van der Waals surface area (Å²) in [5.41, 5.74) is 1.70. The summed E-state index contributed by atoms with van der Waals surface area (Å²) < 4.78 is 12.8. The first kappa shape index (κ1) is 20.3. The number of hydrogen-bond acceptors (Lipinski definition) is 8. The van der Waals surface area contributed by atoms with Gasteiger partial charge in [0, 0.05) is 26.2 Å². The summed E-state index contributed by atoms with van der Waals surface area (Å²) in [7, 11) is 1.65. The number of benzene rings is 2. The van der Waals surface area contributed by atoms with Crippen LogP contribution in [0, 0.1) is 0 Å². The average molecular weight is 455 g/mol. The third-order valence-electron chi connectivity index (χ3n) is 5.28. The van der Waals surface area contributed by atoms with Crippen molar-refractivity contribution < 1.29 is 14.3 Å². The van der Waals surface area contributed by atoms with Crippen molar-refractivity contribution in [1.29, 1.82) is 0 Å². The summed E-state index contributed by atoms with van der Waals surface area (Å²) >= 11 is 2.92. The molecule has 0 radical (unpaired) electrons. The van der Waals surface area contributed by atoms with Crippen LogP contribution in [0.15, 0.2) is 42.5 Å². The number of fused-ring (bicyclic) bond motifs is 2. The third kappa shape index (κ3) is 4.27. The number of amides is 1. The monoisotopic (exact) mass is 454 g/mol. The number of carbonyl (C=O) groups excluding carboxylic acids is 1. The molecule has 9 heteroatoms. The predicted molar refractivity (Wildman–Crippen MR) is 125 cm³/mol. The number of anilines is 1. The van der Waals surface area contributed by atoms with Crippen molar-refractivity contribution in [3.05, 3.63) is 47.5 Å². The zero-order valence-electron chi connectivity index (χ0n) is 17.1. The molecule has 0 saturated carbocycles. The van der Waals surface area contributed by atoms with Gasteiger partial charge in [-0.3, -0.25) is 14.6 Å². The minimum absolute atomic E-state index is 0.111. The molecule has 1 fully saturated rings. The van der Waals surface area contributed by atoms with E-state index in [1.807, 2.05) is 42.5 Å². The fraction of sp³-hybridized carbons (Fsp3) is 0.318. The molecule has 0 spiro atoms. The Bertz CT molecular complexity index is 1180. The number of para-hydroxylation sites is 1. The van der Waals surface area contributed by atoms with E-state index in [1.54, 1.807) is 12.0 Å². The molecule has 0 atom stereocenters. The molecule has 3 heterocycles. The highest BCUT2D eigenvalue weighted by Gasteiger charge is 2.25. The van der Waals surface area contributed by atoms with Crippen LogP contribution in [0.4, 0.5) is 5.13 Å². The highest BCUT2D eigenvalue weighted by molar-refractivity contribution is 7.23. The van der Waals surface area contributed by atoms with Crippen LogP contribution in [0.25, 0.3) is 20.4 Å². The molecule has 31 heavy (non-hydrogen) atoms. The number of thiazole rings is 2. The molecule has 1 saturated heterocycles. The van der Waals surface area contributed by atoms with Crippen molar-refractivity contribution in [2.45, 2.75) is 0 Å². The molecule has 4 aromatic rings. The van der Waals surface area contributed by atoms with E-state index in [4.69, 9.17) is 14.5 Å². The average Bonchev–Trinajstić information content (AvgIpc) is 3.43. The maximum Gasteiger partial charge on any atom is 0.289 e. The van der Waals surface area contributed by atoms with Crippen molar-refractivity contribution in [1.82, 2.24) is 14.9 Å². The Morgan fingerprint density at radius 1 is 1.10 bits per heavy atom. The summed E-state index contributed by atoms with van der Waals surface area (Å²) in [4.78, 5) is 27.0. The van der Waals surface area contributed by atoms with Gasteiger partial charge in [-0.15, -0.1) is 11.3 Å². The fourth-order valence-corrected chi connectivity index (χ4v) is 5.50. The van der Waals surface area contributed by atoms with Gasteiger partial charge in [-0.05, 0) is 30.3 Å². The SMILES string of the molecule is COc1ccc2nc(N(CCN3CCOCC3)C(=O)c3nc4ccccc4s3)sc2c1. The van der Waals surface area contributed by atoms with Gasteiger partial charge >= 0.3 is 0 Å². The van der Waals surface area contributed by atoms with E-state index in [0.717, 1.165) is 59.0 Å². The van der Waals surface area contributed by atoms with Crippen molar-refractivity contribution in [3.63, 3.8) is 0 Å². The normalized spacial score (nSPS) is 14.9. The molecule has 160 valence electrons. The molecular weight excluding hydrogens is 432 g/mol. The highest BCUT2D eigenvalue weighted by Crippen LogP contribution is 2.33. The lowest BCUT2D eigenvalue weighted by atomic mass is 10.3. The Balaban J connectivity index is 1.47. The van der Waals surface area contributed by atoms with E-state index in [9.17, 15) is 4.79 Å². The number of aromatic nitrogens is 2. The first-order valence-corrected chi connectivity index (χ1v) is 11.8. The number of rotatable bonds is 6. The molecule has 1 aliphatic rings. The van der Waals surface area contributed by atoms with E-state index in [2.05, 4.69) is 9.88 Å². The minimum Gasteiger partial charge on any atom is -0.497 e. The lowest BCUT2D eigenvalue weighted by Crippen LogP contribution is -2.43. The van der Waals surface area contributed by atoms with Crippen LogP contribution in [-0.2, 0) is 4.74 Å². The molecule has 7 nitrogen and oxygen atoms in total. The Kier molecular flexibility index (Phi) is 5.82. The number of methoxy groups -OCH3 is 1. The molecule has 0 N–H and O–H groups in total. The highest BCUT2D eigenvalue weighted by atomic mass is 32.1. The van der Waals surface area contributed by atoms with Gasteiger partial charge in [-0.2, -0.15) is 0 Å². The lowest BCUT2D eigenvalue weighted by molar-refractivity contribution is 0.0391. The summed E-state index contributed by atoms with van der Waals surface area (Å²) in [6, 6.07) is 13.6. The molecule has 2 aromatic carbocycles. The van der Waals surface area contributed by atoms with Gasteiger partial charge in [-0.25, -0.2) is 9.97 Å². The van der Waals surface area contributed by atoms with Crippen LogP contribution in [0.5, 0.6) is 5.75 Å². The molecule has 0 aliphatic carbocycles. The quantitative estimate of drug-likeness (QED) is 0.440. The Labute approximate surface area is 187 Å².